The Bertz CT molecular complexity index is 655. The second kappa shape index (κ2) is 5.53. The van der Waals surface area contributed by atoms with Crippen molar-refractivity contribution in [1.82, 2.24) is 24.7 Å². The topological polar surface area (TPSA) is 117 Å². The lowest BCUT2D eigenvalue weighted by molar-refractivity contribution is 0.603. The van der Waals surface area contributed by atoms with Crippen molar-refractivity contribution in [3.8, 4) is 5.95 Å². The molecular weight excluding hydrogens is 288 g/mol. The van der Waals surface area contributed by atoms with Crippen LogP contribution >= 0.6 is 11.8 Å². The van der Waals surface area contributed by atoms with E-state index in [1.807, 2.05) is 0 Å². The molecule has 0 saturated heterocycles. The van der Waals surface area contributed by atoms with Crippen LogP contribution in [0, 0.1) is 0 Å². The summed E-state index contributed by atoms with van der Waals surface area (Å²) in [6.45, 7) is 0. The maximum Gasteiger partial charge on any atom is 0.256 e. The minimum absolute atomic E-state index is 0.0559. The molecule has 0 aromatic carbocycles. The van der Waals surface area contributed by atoms with E-state index in [0.717, 1.165) is 0 Å². The third kappa shape index (κ3) is 4.17. The first-order valence-electron chi connectivity index (χ1n) is 5.26. The van der Waals surface area contributed by atoms with E-state index in [4.69, 9.17) is 5.73 Å². The second-order valence-corrected chi connectivity index (χ2v) is 7.03. The van der Waals surface area contributed by atoms with Gasteiger partial charge in [0.15, 0.2) is 5.16 Å². The molecule has 2 rings (SSSR count). The van der Waals surface area contributed by atoms with Crippen molar-refractivity contribution in [2.45, 2.75) is 5.16 Å². The van der Waals surface area contributed by atoms with Gasteiger partial charge in [-0.25, -0.2) is 13.1 Å². The largest absolute Gasteiger partial charge is 0.368 e. The molecule has 2 heterocycles. The van der Waals surface area contributed by atoms with Gasteiger partial charge in [-0.2, -0.15) is 20.1 Å². The Morgan fingerprint density at radius 1 is 1.37 bits per heavy atom. The van der Waals surface area contributed by atoms with Gasteiger partial charge in [0.25, 0.3) is 5.95 Å². The number of aromatic nitrogens is 5. The Kier molecular flexibility index (Phi) is 4.00. The van der Waals surface area contributed by atoms with Crippen LogP contribution in [0.25, 0.3) is 5.95 Å². The van der Waals surface area contributed by atoms with Crippen LogP contribution in [0.2, 0.25) is 0 Å². The van der Waals surface area contributed by atoms with Crippen molar-refractivity contribution < 1.29 is 8.42 Å². The van der Waals surface area contributed by atoms with E-state index in [1.54, 1.807) is 18.5 Å². The van der Waals surface area contributed by atoms with E-state index in [0.29, 0.717) is 16.9 Å². The molecule has 0 aliphatic carbocycles. The molecule has 19 heavy (non-hydrogen) atoms. The maximum absolute atomic E-state index is 11.0. The first-order chi connectivity index (χ1) is 8.94. The van der Waals surface area contributed by atoms with Crippen molar-refractivity contribution in [1.29, 1.82) is 0 Å². The van der Waals surface area contributed by atoms with Gasteiger partial charge in [-0.05, 0) is 6.07 Å². The van der Waals surface area contributed by atoms with Gasteiger partial charge < -0.3 is 5.73 Å². The molecule has 0 amide bonds. The predicted molar refractivity (Wildman–Crippen MR) is 71.8 cm³/mol. The lowest BCUT2D eigenvalue weighted by atomic mass is 10.7. The number of sulfone groups is 1. The summed E-state index contributed by atoms with van der Waals surface area (Å²) in [7, 11) is -3.00. The smallest absolute Gasteiger partial charge is 0.256 e. The van der Waals surface area contributed by atoms with Gasteiger partial charge in [0.05, 0.1) is 5.75 Å². The van der Waals surface area contributed by atoms with Gasteiger partial charge in [0.1, 0.15) is 9.84 Å². The number of rotatable bonds is 5. The zero-order valence-electron chi connectivity index (χ0n) is 10.1. The summed E-state index contributed by atoms with van der Waals surface area (Å²) in [5.74, 6) is 0.794. The molecule has 2 aromatic rings. The Morgan fingerprint density at radius 3 is 2.79 bits per heavy atom. The fourth-order valence-electron chi connectivity index (χ4n) is 1.20. The number of thioether (sulfide) groups is 1. The maximum atomic E-state index is 11.0. The minimum atomic E-state index is -3.00. The predicted octanol–water partition coefficient (Wildman–Crippen LogP) is -0.224. The van der Waals surface area contributed by atoms with Crippen LogP contribution in [0.15, 0.2) is 23.6 Å². The number of nitrogen functional groups attached to an aromatic ring is 1. The summed E-state index contributed by atoms with van der Waals surface area (Å²) in [5, 5.41) is 4.37. The van der Waals surface area contributed by atoms with Crippen LogP contribution in [0.3, 0.4) is 0 Å². The summed E-state index contributed by atoms with van der Waals surface area (Å²) in [4.78, 5) is 12.1. The van der Waals surface area contributed by atoms with Crippen LogP contribution < -0.4 is 5.73 Å². The summed E-state index contributed by atoms with van der Waals surface area (Å²) in [5.41, 5.74) is 5.59. The Morgan fingerprint density at radius 2 is 2.16 bits per heavy atom. The van der Waals surface area contributed by atoms with E-state index < -0.39 is 9.84 Å². The van der Waals surface area contributed by atoms with Crippen LogP contribution in [0.1, 0.15) is 0 Å². The van der Waals surface area contributed by atoms with E-state index in [-0.39, 0.29) is 11.7 Å². The quantitative estimate of drug-likeness (QED) is 0.753. The normalized spacial score (nSPS) is 11.6. The van der Waals surface area contributed by atoms with Gasteiger partial charge in [-0.15, -0.1) is 0 Å². The number of hydrogen-bond acceptors (Lipinski definition) is 8. The third-order valence-electron chi connectivity index (χ3n) is 2.01. The zero-order valence-corrected chi connectivity index (χ0v) is 11.7. The van der Waals surface area contributed by atoms with Gasteiger partial charge in [0, 0.05) is 24.4 Å². The molecule has 0 saturated carbocycles. The van der Waals surface area contributed by atoms with Gasteiger partial charge in [-0.1, -0.05) is 11.8 Å². The lowest BCUT2D eigenvalue weighted by Gasteiger charge is -2.04. The van der Waals surface area contributed by atoms with E-state index in [9.17, 15) is 8.42 Å². The molecule has 102 valence electrons. The van der Waals surface area contributed by atoms with Crippen molar-refractivity contribution in [2.75, 3.05) is 23.5 Å². The van der Waals surface area contributed by atoms with Crippen LogP contribution in [0.4, 0.5) is 5.95 Å². The third-order valence-corrected chi connectivity index (χ3v) is 4.07. The minimum Gasteiger partial charge on any atom is -0.368 e. The van der Waals surface area contributed by atoms with Gasteiger partial charge in [0.2, 0.25) is 5.95 Å². The molecule has 0 fully saturated rings. The molecular formula is C9H12N6O2S2. The molecule has 2 N–H and O–H groups in total. The van der Waals surface area contributed by atoms with E-state index in [2.05, 4.69) is 20.1 Å². The van der Waals surface area contributed by atoms with E-state index in [1.165, 1.54) is 22.7 Å². The SMILES string of the molecule is CS(=O)(=O)CCSc1nc(N)nc(-n2cccn2)n1. The van der Waals surface area contributed by atoms with Gasteiger partial charge in [-0.3, -0.25) is 0 Å². The molecule has 0 aliphatic rings. The van der Waals surface area contributed by atoms with Crippen molar-refractivity contribution in [2.24, 2.45) is 0 Å². The van der Waals surface area contributed by atoms with Crippen LogP contribution in [-0.2, 0) is 9.84 Å². The average Bonchev–Trinajstić information content (AvgIpc) is 2.79. The monoisotopic (exact) mass is 300 g/mol. The van der Waals surface area contributed by atoms with Crippen LogP contribution in [-0.4, -0.2) is 50.9 Å². The molecule has 8 nitrogen and oxygen atoms in total. The Labute approximate surface area is 114 Å². The fraction of sp³-hybridized carbons (Fsp3) is 0.333. The molecule has 0 bridgehead atoms. The number of hydrogen-bond donors (Lipinski definition) is 1. The van der Waals surface area contributed by atoms with Gasteiger partial charge >= 0.3 is 0 Å². The van der Waals surface area contributed by atoms with E-state index >= 15 is 0 Å². The van der Waals surface area contributed by atoms with Crippen molar-refractivity contribution >= 4 is 27.5 Å². The number of nitrogens with two attached hydrogens (primary N) is 1. The van der Waals surface area contributed by atoms with Crippen molar-refractivity contribution in [3.63, 3.8) is 0 Å². The fourth-order valence-corrected chi connectivity index (χ4v) is 3.23. The first kappa shape index (κ1) is 13.7. The highest BCUT2D eigenvalue weighted by Crippen LogP contribution is 2.15. The average molecular weight is 300 g/mol. The molecule has 0 spiro atoms. The molecule has 0 aliphatic heterocycles. The van der Waals surface area contributed by atoms with Crippen molar-refractivity contribution in [3.05, 3.63) is 18.5 Å². The second-order valence-electron chi connectivity index (χ2n) is 3.71. The zero-order chi connectivity index (χ0) is 13.9. The summed E-state index contributed by atoms with van der Waals surface area (Å²) in [6.07, 6.45) is 4.46. The highest BCUT2D eigenvalue weighted by molar-refractivity contribution is 8.00. The Balaban J connectivity index is 2.14. The molecule has 10 heteroatoms. The number of nitrogens with zero attached hydrogens (tertiary/aromatic N) is 5. The van der Waals surface area contributed by atoms with Crippen LogP contribution in [0.5, 0.6) is 0 Å². The standard InChI is InChI=1S/C9H12N6O2S2/c1-19(16,17)6-5-18-9-13-7(10)12-8(14-9)15-4-2-3-11-15/h2-4H,5-6H2,1H3,(H2,10,12,13,14). The molecule has 0 unspecified atom stereocenters. The number of anilines is 1. The summed E-state index contributed by atoms with van der Waals surface area (Å²) in [6, 6.07) is 1.73. The molecule has 0 radical (unpaired) electrons. The summed E-state index contributed by atoms with van der Waals surface area (Å²) < 4.78 is 23.5. The highest BCUT2D eigenvalue weighted by atomic mass is 32.2. The Hall–Kier alpha value is -1.68. The highest BCUT2D eigenvalue weighted by Gasteiger charge is 2.09. The summed E-state index contributed by atoms with van der Waals surface area (Å²) >= 11 is 1.21. The molecule has 0 atom stereocenters. The lowest BCUT2D eigenvalue weighted by Crippen LogP contribution is -2.09. The molecule has 2 aromatic heterocycles. The first-order valence-corrected chi connectivity index (χ1v) is 8.31.